The van der Waals surface area contributed by atoms with Crippen molar-refractivity contribution in [2.45, 2.75) is 6.10 Å². The molecule has 0 saturated heterocycles. The lowest BCUT2D eigenvalue weighted by Crippen LogP contribution is -2.26. The lowest BCUT2D eigenvalue weighted by Gasteiger charge is -2.17. The fraction of sp³-hybridized carbons (Fsp3) is 0.357. The number of nitrogens with one attached hydrogen (secondary N) is 1. The first-order valence-electron chi connectivity index (χ1n) is 6.15. The topological polar surface area (TPSA) is 69.4 Å². The molecule has 0 amide bonds. The number of methoxy groups -OCH3 is 2. The second-order valence-electron chi connectivity index (χ2n) is 4.30. The van der Waals surface area contributed by atoms with Gasteiger partial charge in [0.05, 0.1) is 23.9 Å². The first kappa shape index (κ1) is 13.6. The maximum absolute atomic E-state index is 5.94. The Bertz CT molecular complexity index is 545. The molecule has 0 bridgehead atoms. The monoisotopic (exact) mass is 261 g/mol. The highest BCUT2D eigenvalue weighted by molar-refractivity contribution is 5.98. The van der Waals surface area contributed by atoms with E-state index < -0.39 is 0 Å². The van der Waals surface area contributed by atoms with Gasteiger partial charge in [-0.3, -0.25) is 4.98 Å². The van der Waals surface area contributed by atoms with Gasteiger partial charge in [-0.2, -0.15) is 0 Å². The average molecular weight is 261 g/mol. The third-order valence-corrected chi connectivity index (χ3v) is 3.01. The normalized spacial score (nSPS) is 12.5. The summed E-state index contributed by atoms with van der Waals surface area (Å²) in [7, 11) is 3.33. The highest BCUT2D eigenvalue weighted by atomic mass is 16.5. The van der Waals surface area contributed by atoms with Crippen LogP contribution in [0, 0.1) is 0 Å². The van der Waals surface area contributed by atoms with Crippen molar-refractivity contribution in [3.05, 3.63) is 30.5 Å². The third-order valence-electron chi connectivity index (χ3n) is 3.01. The summed E-state index contributed by atoms with van der Waals surface area (Å²) in [5.41, 5.74) is 8.49. The van der Waals surface area contributed by atoms with Crippen molar-refractivity contribution in [3.8, 4) is 0 Å². The molecule has 1 aromatic heterocycles. The second kappa shape index (κ2) is 6.36. The molecule has 3 N–H and O–H groups in total. The van der Waals surface area contributed by atoms with Gasteiger partial charge in [0.25, 0.3) is 0 Å². The Morgan fingerprint density at radius 2 is 2.16 bits per heavy atom. The van der Waals surface area contributed by atoms with Gasteiger partial charge in [-0.1, -0.05) is 0 Å². The van der Waals surface area contributed by atoms with E-state index in [4.69, 9.17) is 15.2 Å². The van der Waals surface area contributed by atoms with E-state index in [0.29, 0.717) is 13.2 Å². The largest absolute Gasteiger partial charge is 0.398 e. The van der Waals surface area contributed by atoms with Crippen LogP contribution in [0.4, 0.5) is 11.4 Å². The Morgan fingerprint density at radius 1 is 1.32 bits per heavy atom. The number of benzene rings is 1. The van der Waals surface area contributed by atoms with Crippen LogP contribution >= 0.6 is 0 Å². The smallest absolute Gasteiger partial charge is 0.0976 e. The summed E-state index contributed by atoms with van der Waals surface area (Å²) in [4.78, 5) is 4.38. The van der Waals surface area contributed by atoms with E-state index in [-0.39, 0.29) is 6.10 Å². The Kier molecular flexibility index (Phi) is 4.54. The van der Waals surface area contributed by atoms with Gasteiger partial charge < -0.3 is 20.5 Å². The molecule has 0 spiro atoms. The molecule has 2 aromatic rings. The van der Waals surface area contributed by atoms with Gasteiger partial charge in [-0.15, -0.1) is 0 Å². The summed E-state index contributed by atoms with van der Waals surface area (Å²) in [6.45, 7) is 1.20. The highest BCUT2D eigenvalue weighted by Crippen LogP contribution is 2.26. The maximum Gasteiger partial charge on any atom is 0.0976 e. The van der Waals surface area contributed by atoms with Crippen LogP contribution in [0.25, 0.3) is 10.9 Å². The zero-order valence-corrected chi connectivity index (χ0v) is 11.2. The zero-order valence-electron chi connectivity index (χ0n) is 11.2. The van der Waals surface area contributed by atoms with E-state index in [9.17, 15) is 0 Å². The number of nitrogen functional groups attached to an aromatic ring is 1. The van der Waals surface area contributed by atoms with E-state index in [0.717, 1.165) is 22.3 Å². The van der Waals surface area contributed by atoms with E-state index in [1.807, 2.05) is 24.3 Å². The number of nitrogens with two attached hydrogens (primary N) is 1. The van der Waals surface area contributed by atoms with Crippen molar-refractivity contribution in [1.82, 2.24) is 4.98 Å². The molecule has 0 aliphatic heterocycles. The summed E-state index contributed by atoms with van der Waals surface area (Å²) in [5, 5.41) is 4.28. The number of hydrogen-bond donors (Lipinski definition) is 2. The molecule has 1 unspecified atom stereocenters. The molecule has 19 heavy (non-hydrogen) atoms. The predicted molar refractivity (Wildman–Crippen MR) is 77.3 cm³/mol. The Balaban J connectivity index is 2.19. The minimum Gasteiger partial charge on any atom is -0.398 e. The molecule has 5 heteroatoms. The Morgan fingerprint density at radius 3 is 2.89 bits per heavy atom. The molecule has 102 valence electrons. The Labute approximate surface area is 112 Å². The third kappa shape index (κ3) is 3.13. The van der Waals surface area contributed by atoms with Crippen molar-refractivity contribution >= 4 is 22.3 Å². The van der Waals surface area contributed by atoms with Gasteiger partial charge >= 0.3 is 0 Å². The van der Waals surface area contributed by atoms with Crippen molar-refractivity contribution < 1.29 is 9.47 Å². The fourth-order valence-corrected chi connectivity index (χ4v) is 1.96. The van der Waals surface area contributed by atoms with Crippen molar-refractivity contribution in [2.24, 2.45) is 0 Å². The number of aromatic nitrogens is 1. The first-order valence-corrected chi connectivity index (χ1v) is 6.15. The average Bonchev–Trinajstić information content (AvgIpc) is 2.45. The molecule has 2 rings (SSSR count). The van der Waals surface area contributed by atoms with Crippen molar-refractivity contribution in [1.29, 1.82) is 0 Å². The fourth-order valence-electron chi connectivity index (χ4n) is 1.96. The second-order valence-corrected chi connectivity index (χ2v) is 4.30. The van der Waals surface area contributed by atoms with E-state index >= 15 is 0 Å². The Hall–Kier alpha value is -1.85. The van der Waals surface area contributed by atoms with E-state index in [2.05, 4.69) is 10.3 Å². The lowest BCUT2D eigenvalue weighted by atomic mass is 10.1. The molecular weight excluding hydrogens is 242 g/mol. The van der Waals surface area contributed by atoms with Crippen LogP contribution in [0.2, 0.25) is 0 Å². The van der Waals surface area contributed by atoms with Gasteiger partial charge in [0.2, 0.25) is 0 Å². The van der Waals surface area contributed by atoms with Gasteiger partial charge in [0.1, 0.15) is 0 Å². The van der Waals surface area contributed by atoms with Gasteiger partial charge in [0.15, 0.2) is 0 Å². The minimum atomic E-state index is 0.00122. The van der Waals surface area contributed by atoms with E-state index in [1.54, 1.807) is 20.4 Å². The molecule has 0 aliphatic carbocycles. The number of pyridine rings is 1. The number of fused-ring (bicyclic) bond motifs is 1. The SMILES string of the molecule is COCC(CNc1ccc(N)c2cccnc12)OC. The number of anilines is 2. The number of nitrogens with zero attached hydrogens (tertiary/aromatic N) is 1. The summed E-state index contributed by atoms with van der Waals surface area (Å²) in [6, 6.07) is 7.66. The lowest BCUT2D eigenvalue weighted by molar-refractivity contribution is 0.0366. The molecule has 0 radical (unpaired) electrons. The quantitative estimate of drug-likeness (QED) is 0.777. The minimum absolute atomic E-state index is 0.00122. The summed E-state index contributed by atoms with van der Waals surface area (Å²) in [5.74, 6) is 0. The molecule has 1 heterocycles. The van der Waals surface area contributed by atoms with Gasteiger partial charge in [0, 0.05) is 38.0 Å². The van der Waals surface area contributed by atoms with E-state index in [1.165, 1.54) is 0 Å². The van der Waals surface area contributed by atoms with Crippen LogP contribution in [0.5, 0.6) is 0 Å². The van der Waals surface area contributed by atoms with Crippen LogP contribution in [0.15, 0.2) is 30.5 Å². The molecular formula is C14H19N3O2. The van der Waals surface area contributed by atoms with Crippen LogP contribution < -0.4 is 11.1 Å². The molecule has 5 nitrogen and oxygen atoms in total. The van der Waals surface area contributed by atoms with Gasteiger partial charge in [-0.25, -0.2) is 0 Å². The summed E-state index contributed by atoms with van der Waals surface area (Å²) in [6.07, 6.45) is 1.76. The number of rotatable bonds is 6. The standard InChI is InChI=1S/C14H19N3O2/c1-18-9-10(19-2)8-17-13-6-5-12(15)11-4-3-7-16-14(11)13/h3-7,10,17H,8-9,15H2,1-2H3. The first-order chi connectivity index (χ1) is 9.26. The number of ether oxygens (including phenoxy) is 2. The van der Waals surface area contributed by atoms with Crippen LogP contribution in [0.1, 0.15) is 0 Å². The maximum atomic E-state index is 5.94. The van der Waals surface area contributed by atoms with Crippen molar-refractivity contribution in [2.75, 3.05) is 38.4 Å². The summed E-state index contributed by atoms with van der Waals surface area (Å²) < 4.78 is 10.4. The molecule has 1 atom stereocenters. The highest BCUT2D eigenvalue weighted by Gasteiger charge is 2.09. The molecule has 1 aromatic carbocycles. The zero-order chi connectivity index (χ0) is 13.7. The van der Waals surface area contributed by atoms with Crippen molar-refractivity contribution in [3.63, 3.8) is 0 Å². The van der Waals surface area contributed by atoms with Crippen LogP contribution in [-0.2, 0) is 9.47 Å². The predicted octanol–water partition coefficient (Wildman–Crippen LogP) is 1.89. The molecule has 0 saturated carbocycles. The molecule has 0 fully saturated rings. The van der Waals surface area contributed by atoms with Crippen LogP contribution in [0.3, 0.4) is 0 Å². The number of hydrogen-bond acceptors (Lipinski definition) is 5. The summed E-state index contributed by atoms with van der Waals surface area (Å²) >= 11 is 0. The van der Waals surface area contributed by atoms with Gasteiger partial charge in [-0.05, 0) is 24.3 Å². The van der Waals surface area contributed by atoms with Crippen LogP contribution in [-0.4, -0.2) is 38.5 Å². The molecule has 0 aliphatic rings.